The molecule has 0 saturated carbocycles. The third-order valence-electron chi connectivity index (χ3n) is 2.97. The van der Waals surface area contributed by atoms with Crippen LogP contribution in [0.15, 0.2) is 0 Å². The summed E-state index contributed by atoms with van der Waals surface area (Å²) in [6.45, 7) is 10.8. The van der Waals surface area contributed by atoms with E-state index in [-0.39, 0.29) is 25.4 Å². The lowest BCUT2D eigenvalue weighted by atomic mass is 10.0. The van der Waals surface area contributed by atoms with Crippen molar-refractivity contribution in [3.8, 4) is 0 Å². The van der Waals surface area contributed by atoms with E-state index in [1.165, 1.54) is 0 Å². The van der Waals surface area contributed by atoms with Crippen molar-refractivity contribution in [1.29, 1.82) is 0 Å². The van der Waals surface area contributed by atoms with E-state index in [4.69, 9.17) is 15.2 Å². The molecule has 2 atom stereocenters. The number of hydrogen-bond donors (Lipinski definition) is 2. The lowest BCUT2D eigenvalue weighted by Crippen LogP contribution is -2.50. The highest BCUT2D eigenvalue weighted by atomic mass is 16.6. The fraction of sp³-hybridized carbons (Fsp3) is 0.812. The van der Waals surface area contributed by atoms with Crippen molar-refractivity contribution in [2.75, 3.05) is 6.61 Å². The van der Waals surface area contributed by atoms with E-state index in [2.05, 4.69) is 5.32 Å². The Bertz CT molecular complexity index is 415. The van der Waals surface area contributed by atoms with Gasteiger partial charge in [0.05, 0.1) is 12.6 Å². The average molecular weight is 330 g/mol. The van der Waals surface area contributed by atoms with Gasteiger partial charge in [-0.25, -0.2) is 4.79 Å². The van der Waals surface area contributed by atoms with Crippen LogP contribution < -0.4 is 11.1 Å². The van der Waals surface area contributed by atoms with Gasteiger partial charge in [0.15, 0.2) is 0 Å². The van der Waals surface area contributed by atoms with E-state index in [0.717, 1.165) is 0 Å². The summed E-state index contributed by atoms with van der Waals surface area (Å²) in [5, 5.41) is 2.55. The number of carbonyl (C=O) groups is 3. The van der Waals surface area contributed by atoms with Crippen molar-refractivity contribution < 1.29 is 23.9 Å². The predicted octanol–water partition coefficient (Wildman–Crippen LogP) is 1.14. The van der Waals surface area contributed by atoms with E-state index in [1.54, 1.807) is 27.7 Å². The Kier molecular flexibility index (Phi) is 8.82. The van der Waals surface area contributed by atoms with Gasteiger partial charge in [0.25, 0.3) is 0 Å². The molecule has 0 rings (SSSR count). The zero-order chi connectivity index (χ0) is 18.2. The van der Waals surface area contributed by atoms with Gasteiger partial charge in [0, 0.05) is 6.42 Å². The maximum absolute atomic E-state index is 12.0. The number of nitrogens with two attached hydrogens (primary N) is 1. The number of nitrogens with one attached hydrogen (secondary N) is 1. The highest BCUT2D eigenvalue weighted by Crippen LogP contribution is 2.11. The second-order valence-electron chi connectivity index (χ2n) is 6.71. The molecule has 0 aromatic rings. The van der Waals surface area contributed by atoms with Crippen molar-refractivity contribution in [2.45, 2.75) is 72.1 Å². The predicted molar refractivity (Wildman–Crippen MR) is 86.5 cm³/mol. The lowest BCUT2D eigenvalue weighted by molar-refractivity contribution is -0.155. The second-order valence-corrected chi connectivity index (χ2v) is 6.71. The Morgan fingerprint density at radius 3 is 2.17 bits per heavy atom. The van der Waals surface area contributed by atoms with Crippen LogP contribution in [-0.4, -0.2) is 42.1 Å². The summed E-state index contributed by atoms with van der Waals surface area (Å²) >= 11 is 0. The van der Waals surface area contributed by atoms with Crippen molar-refractivity contribution >= 4 is 17.8 Å². The standard InChI is InChI=1S/C16H30N2O5/c1-7-22-15(21)11(18-14(20)13(17)10(2)3)8-9-12(19)23-16(4,5)6/h10-11,13H,7-9,17H2,1-6H3,(H,18,20)/t11-,13+/m1/s1. The fourth-order valence-electron chi connectivity index (χ4n) is 1.72. The zero-order valence-corrected chi connectivity index (χ0v) is 15.0. The van der Waals surface area contributed by atoms with Crippen molar-refractivity contribution in [3.63, 3.8) is 0 Å². The molecule has 7 nitrogen and oxygen atoms in total. The Balaban J connectivity index is 4.73. The normalized spacial score (nSPS) is 14.1. The number of ether oxygens (including phenoxy) is 2. The first-order valence-electron chi connectivity index (χ1n) is 7.92. The first-order valence-corrected chi connectivity index (χ1v) is 7.92. The molecule has 1 amide bonds. The number of amides is 1. The topological polar surface area (TPSA) is 108 Å². The molecule has 0 fully saturated rings. The Morgan fingerprint density at radius 1 is 1.17 bits per heavy atom. The van der Waals surface area contributed by atoms with E-state index in [9.17, 15) is 14.4 Å². The monoisotopic (exact) mass is 330 g/mol. The number of hydrogen-bond acceptors (Lipinski definition) is 6. The Labute approximate surface area is 138 Å². The van der Waals surface area contributed by atoms with Crippen LogP contribution in [-0.2, 0) is 23.9 Å². The molecular weight excluding hydrogens is 300 g/mol. The quantitative estimate of drug-likeness (QED) is 0.646. The van der Waals surface area contributed by atoms with Crippen LogP contribution in [0.25, 0.3) is 0 Å². The minimum Gasteiger partial charge on any atom is -0.464 e. The van der Waals surface area contributed by atoms with Crippen LogP contribution in [0.5, 0.6) is 0 Å². The zero-order valence-electron chi connectivity index (χ0n) is 15.0. The third kappa shape index (κ3) is 9.18. The minimum atomic E-state index is -0.917. The maximum atomic E-state index is 12.0. The molecule has 0 bridgehead atoms. The average Bonchev–Trinajstić information content (AvgIpc) is 2.40. The van der Waals surface area contributed by atoms with Gasteiger partial charge >= 0.3 is 11.9 Å². The van der Waals surface area contributed by atoms with E-state index in [0.29, 0.717) is 0 Å². The molecule has 0 aliphatic carbocycles. The summed E-state index contributed by atoms with van der Waals surface area (Å²) in [5.74, 6) is -1.53. The van der Waals surface area contributed by atoms with Gasteiger partial charge in [-0.15, -0.1) is 0 Å². The molecule has 23 heavy (non-hydrogen) atoms. The van der Waals surface area contributed by atoms with Gasteiger partial charge in [0.1, 0.15) is 11.6 Å². The number of esters is 2. The molecule has 0 unspecified atom stereocenters. The molecule has 0 aromatic heterocycles. The van der Waals surface area contributed by atoms with Crippen LogP contribution >= 0.6 is 0 Å². The summed E-state index contributed by atoms with van der Waals surface area (Å²) < 4.78 is 10.1. The highest BCUT2D eigenvalue weighted by molar-refractivity contribution is 5.87. The SMILES string of the molecule is CCOC(=O)[C@@H](CCC(=O)OC(C)(C)C)NC(=O)[C@@H](N)C(C)C. The third-order valence-corrected chi connectivity index (χ3v) is 2.97. The molecule has 3 N–H and O–H groups in total. The molecule has 0 radical (unpaired) electrons. The number of rotatable bonds is 8. The number of carbonyl (C=O) groups excluding carboxylic acids is 3. The first-order chi connectivity index (χ1) is 10.5. The fourth-order valence-corrected chi connectivity index (χ4v) is 1.72. The molecule has 0 spiro atoms. The van der Waals surface area contributed by atoms with Crippen molar-refractivity contribution in [3.05, 3.63) is 0 Å². The molecule has 134 valence electrons. The van der Waals surface area contributed by atoms with Crippen LogP contribution in [0.4, 0.5) is 0 Å². The van der Waals surface area contributed by atoms with E-state index < -0.39 is 35.5 Å². The Hall–Kier alpha value is -1.63. The smallest absolute Gasteiger partial charge is 0.328 e. The van der Waals surface area contributed by atoms with E-state index >= 15 is 0 Å². The molecule has 0 heterocycles. The van der Waals surface area contributed by atoms with Crippen LogP contribution in [0.1, 0.15) is 54.4 Å². The second kappa shape index (κ2) is 9.50. The van der Waals surface area contributed by atoms with Crippen molar-refractivity contribution in [2.24, 2.45) is 11.7 Å². The molecule has 0 aliphatic rings. The summed E-state index contributed by atoms with van der Waals surface area (Å²) in [6.07, 6.45) is 0.0995. The summed E-state index contributed by atoms with van der Waals surface area (Å²) in [4.78, 5) is 35.7. The molecule has 0 saturated heterocycles. The molecule has 0 aromatic carbocycles. The summed E-state index contributed by atoms with van der Waals surface area (Å²) in [5.41, 5.74) is 5.17. The molecular formula is C16H30N2O5. The lowest BCUT2D eigenvalue weighted by Gasteiger charge is -2.22. The minimum absolute atomic E-state index is 0.00204. The van der Waals surface area contributed by atoms with Gasteiger partial charge in [-0.3, -0.25) is 9.59 Å². The van der Waals surface area contributed by atoms with Crippen LogP contribution in [0, 0.1) is 5.92 Å². The summed E-state index contributed by atoms with van der Waals surface area (Å²) in [7, 11) is 0. The molecule has 7 heteroatoms. The summed E-state index contributed by atoms with van der Waals surface area (Å²) in [6, 6.07) is -1.65. The van der Waals surface area contributed by atoms with Crippen LogP contribution in [0.2, 0.25) is 0 Å². The first kappa shape index (κ1) is 21.4. The van der Waals surface area contributed by atoms with Gasteiger partial charge in [0.2, 0.25) is 5.91 Å². The van der Waals surface area contributed by atoms with Crippen LogP contribution in [0.3, 0.4) is 0 Å². The largest absolute Gasteiger partial charge is 0.464 e. The van der Waals surface area contributed by atoms with Crippen molar-refractivity contribution in [1.82, 2.24) is 5.32 Å². The van der Waals surface area contributed by atoms with Gasteiger partial charge in [-0.1, -0.05) is 13.8 Å². The van der Waals surface area contributed by atoms with E-state index in [1.807, 2.05) is 13.8 Å². The van der Waals surface area contributed by atoms with Gasteiger partial charge in [-0.05, 0) is 40.0 Å². The molecule has 0 aliphatic heterocycles. The maximum Gasteiger partial charge on any atom is 0.328 e. The van der Waals surface area contributed by atoms with Gasteiger partial charge < -0.3 is 20.5 Å². The Morgan fingerprint density at radius 2 is 1.74 bits per heavy atom. The highest BCUT2D eigenvalue weighted by Gasteiger charge is 2.27. The van der Waals surface area contributed by atoms with Gasteiger partial charge in [-0.2, -0.15) is 0 Å².